The second kappa shape index (κ2) is 8.94. The summed E-state index contributed by atoms with van der Waals surface area (Å²) in [6, 6.07) is 11.7. The quantitative estimate of drug-likeness (QED) is 0.380. The fraction of sp³-hybridized carbons (Fsp3) is 0.400. The molecule has 0 atom stereocenters. The molecular weight excluding hydrogens is 470 g/mol. The number of carbonyl (C=O) groups is 1. The third-order valence-corrected chi connectivity index (χ3v) is 7.39. The molecule has 0 radical (unpaired) electrons. The molecule has 2 aliphatic rings. The van der Waals surface area contributed by atoms with Crippen molar-refractivity contribution < 1.29 is 26.9 Å². The van der Waals surface area contributed by atoms with E-state index in [1.54, 1.807) is 26.4 Å². The van der Waals surface area contributed by atoms with Crippen LogP contribution in [0.15, 0.2) is 36.4 Å². The molecule has 9 nitrogen and oxygen atoms in total. The number of piperidine rings is 1. The number of rotatable bonds is 7. The number of methoxy groups -OCH3 is 2. The first-order chi connectivity index (χ1) is 16.7. The summed E-state index contributed by atoms with van der Waals surface area (Å²) >= 11 is 0. The molecule has 3 aromatic rings. The minimum Gasteiger partial charge on any atom is -0.382 e. The van der Waals surface area contributed by atoms with E-state index in [-0.39, 0.29) is 18.2 Å². The molecule has 0 spiro atoms. The highest BCUT2D eigenvalue weighted by molar-refractivity contribution is 7.86. The van der Waals surface area contributed by atoms with Crippen LogP contribution in [0.5, 0.6) is 5.75 Å². The molecule has 1 fully saturated rings. The Morgan fingerprint density at radius 1 is 1.06 bits per heavy atom. The number of benzene rings is 2. The van der Waals surface area contributed by atoms with Gasteiger partial charge in [-0.1, -0.05) is 6.07 Å². The first-order valence-corrected chi connectivity index (χ1v) is 13.3. The minimum atomic E-state index is -3.71. The van der Waals surface area contributed by atoms with Crippen molar-refractivity contribution in [3.8, 4) is 17.0 Å². The summed E-state index contributed by atoms with van der Waals surface area (Å²) in [4.78, 5) is 18.4. The van der Waals surface area contributed by atoms with Crippen molar-refractivity contribution in [2.24, 2.45) is 0 Å². The average molecular weight is 500 g/mol. The van der Waals surface area contributed by atoms with Gasteiger partial charge in [-0.2, -0.15) is 8.42 Å². The summed E-state index contributed by atoms with van der Waals surface area (Å²) in [6.07, 6.45) is 2.63. The topological polar surface area (TPSA) is 110 Å². The molecule has 2 aromatic carbocycles. The minimum absolute atomic E-state index is 0.176. The molecule has 1 amide bonds. The van der Waals surface area contributed by atoms with E-state index >= 15 is 0 Å². The maximum atomic E-state index is 12.6. The highest BCUT2D eigenvalue weighted by Crippen LogP contribution is 2.36. The predicted octanol–water partition coefficient (Wildman–Crippen LogP) is 3.00. The maximum absolute atomic E-state index is 12.6. The van der Waals surface area contributed by atoms with Crippen molar-refractivity contribution in [3.63, 3.8) is 0 Å². The summed E-state index contributed by atoms with van der Waals surface area (Å²) < 4.78 is 39.6. The van der Waals surface area contributed by atoms with Crippen molar-refractivity contribution in [3.05, 3.63) is 53.1 Å². The Balaban J connectivity index is 1.40. The van der Waals surface area contributed by atoms with Gasteiger partial charge in [-0.15, -0.1) is 0 Å². The first kappa shape index (κ1) is 23.8. The van der Waals surface area contributed by atoms with Gasteiger partial charge >= 0.3 is 10.1 Å². The standard InChI is InChI=1S/C25H29N3O6S/c1-32-25(33-2)8-10-28(11-9-25)15-16-4-6-20-17(12-16)13-21(27-20)18-5-7-22(34-35(3,30)31)19-14-26-24(29)23(18)19/h4-7,12-13,27H,8-11,14-15H2,1-3H3,(H,26,29). The molecule has 0 bridgehead atoms. The monoisotopic (exact) mass is 499 g/mol. The van der Waals surface area contributed by atoms with Gasteiger partial charge in [0.1, 0.15) is 5.75 Å². The molecular formula is C25H29N3O6S. The van der Waals surface area contributed by atoms with E-state index in [0.717, 1.165) is 55.3 Å². The molecule has 3 heterocycles. The number of likely N-dealkylation sites (tertiary alicyclic amines) is 1. The van der Waals surface area contributed by atoms with Crippen LogP contribution < -0.4 is 9.50 Å². The van der Waals surface area contributed by atoms with Crippen LogP contribution in [0.25, 0.3) is 22.2 Å². The second-order valence-electron chi connectivity index (χ2n) is 9.13. The zero-order valence-electron chi connectivity index (χ0n) is 20.0. The van der Waals surface area contributed by atoms with Crippen LogP contribution in [0.4, 0.5) is 0 Å². The Morgan fingerprint density at radius 2 is 1.80 bits per heavy atom. The summed E-state index contributed by atoms with van der Waals surface area (Å²) in [7, 11) is -0.313. The summed E-state index contributed by atoms with van der Waals surface area (Å²) in [6.45, 7) is 2.83. The number of aromatic nitrogens is 1. The smallest absolute Gasteiger partial charge is 0.306 e. The number of fused-ring (bicyclic) bond motifs is 2. The number of hydrogen-bond donors (Lipinski definition) is 2. The zero-order valence-corrected chi connectivity index (χ0v) is 20.8. The third kappa shape index (κ3) is 4.66. The zero-order chi connectivity index (χ0) is 24.8. The molecule has 186 valence electrons. The highest BCUT2D eigenvalue weighted by atomic mass is 32.2. The van der Waals surface area contributed by atoms with Gasteiger partial charge in [0.05, 0.1) is 11.8 Å². The van der Waals surface area contributed by atoms with Gasteiger partial charge in [-0.3, -0.25) is 9.69 Å². The van der Waals surface area contributed by atoms with E-state index in [1.165, 1.54) is 5.56 Å². The summed E-state index contributed by atoms with van der Waals surface area (Å²) in [5.74, 6) is -0.554. The number of H-pyrrole nitrogens is 1. The second-order valence-corrected chi connectivity index (χ2v) is 10.7. The normalized spacial score (nSPS) is 18.0. The highest BCUT2D eigenvalue weighted by Gasteiger charge is 2.34. The molecule has 0 unspecified atom stereocenters. The van der Waals surface area contributed by atoms with Crippen LogP contribution in [0.2, 0.25) is 0 Å². The SMILES string of the molecule is COC1(OC)CCN(Cc2ccc3[nH]c(-c4ccc(OS(C)(=O)=O)c5c4C(=O)NC5)cc3c2)CC1. The Morgan fingerprint density at radius 3 is 2.49 bits per heavy atom. The molecule has 0 saturated carbocycles. The lowest BCUT2D eigenvalue weighted by Crippen LogP contribution is -2.46. The Labute approximate surface area is 204 Å². The molecule has 0 aliphatic carbocycles. The Kier molecular flexibility index (Phi) is 6.08. The first-order valence-electron chi connectivity index (χ1n) is 11.5. The fourth-order valence-electron chi connectivity index (χ4n) is 5.01. The van der Waals surface area contributed by atoms with Crippen molar-refractivity contribution in [2.75, 3.05) is 33.6 Å². The third-order valence-electron chi connectivity index (χ3n) is 6.91. The number of amides is 1. The van der Waals surface area contributed by atoms with E-state index in [4.69, 9.17) is 13.7 Å². The number of nitrogens with one attached hydrogen (secondary N) is 2. The molecule has 10 heteroatoms. The van der Waals surface area contributed by atoms with E-state index < -0.39 is 15.9 Å². The van der Waals surface area contributed by atoms with Gasteiger partial charge in [0.25, 0.3) is 5.91 Å². The molecule has 2 N–H and O–H groups in total. The lowest BCUT2D eigenvalue weighted by atomic mass is 9.99. The van der Waals surface area contributed by atoms with Crippen molar-refractivity contribution in [1.29, 1.82) is 0 Å². The summed E-state index contributed by atoms with van der Waals surface area (Å²) in [5, 5.41) is 3.82. The van der Waals surface area contributed by atoms with Gasteiger partial charge in [-0.25, -0.2) is 0 Å². The van der Waals surface area contributed by atoms with Crippen molar-refractivity contribution in [1.82, 2.24) is 15.2 Å². The number of nitrogens with zero attached hydrogens (tertiary/aromatic N) is 1. The van der Waals surface area contributed by atoms with Gasteiger partial charge < -0.3 is 24.0 Å². The Bertz CT molecular complexity index is 1380. The van der Waals surface area contributed by atoms with Crippen LogP contribution >= 0.6 is 0 Å². The van der Waals surface area contributed by atoms with Crippen LogP contribution in [-0.4, -0.2) is 63.6 Å². The predicted molar refractivity (Wildman–Crippen MR) is 132 cm³/mol. The molecule has 35 heavy (non-hydrogen) atoms. The van der Waals surface area contributed by atoms with Gasteiger partial charge in [-0.05, 0) is 35.9 Å². The van der Waals surface area contributed by atoms with E-state index in [0.29, 0.717) is 16.7 Å². The molecule has 5 rings (SSSR count). The largest absolute Gasteiger partial charge is 0.382 e. The fourth-order valence-corrected chi connectivity index (χ4v) is 5.50. The van der Waals surface area contributed by atoms with E-state index in [2.05, 4.69) is 27.3 Å². The van der Waals surface area contributed by atoms with Gasteiger partial charge in [0.2, 0.25) is 0 Å². The Hall–Kier alpha value is -2.92. The lowest BCUT2D eigenvalue weighted by Gasteiger charge is -2.39. The van der Waals surface area contributed by atoms with Crippen LogP contribution in [0.1, 0.15) is 34.3 Å². The maximum Gasteiger partial charge on any atom is 0.306 e. The molecule has 1 aromatic heterocycles. The van der Waals surface area contributed by atoms with Crippen LogP contribution in [-0.2, 0) is 32.7 Å². The number of carbonyl (C=O) groups excluding carboxylic acids is 1. The van der Waals surface area contributed by atoms with Crippen molar-refractivity contribution in [2.45, 2.75) is 31.7 Å². The number of ether oxygens (including phenoxy) is 2. The average Bonchev–Trinajstić information content (AvgIpc) is 3.43. The van der Waals surface area contributed by atoms with E-state index in [9.17, 15) is 13.2 Å². The summed E-state index contributed by atoms with van der Waals surface area (Å²) in [5.41, 5.74) is 4.64. The van der Waals surface area contributed by atoms with Crippen LogP contribution in [0, 0.1) is 0 Å². The van der Waals surface area contributed by atoms with Gasteiger partial charge in [0, 0.05) is 81.0 Å². The molecule has 1 saturated heterocycles. The van der Waals surface area contributed by atoms with Crippen LogP contribution in [0.3, 0.4) is 0 Å². The van der Waals surface area contributed by atoms with E-state index in [1.807, 2.05) is 12.1 Å². The number of aromatic amines is 1. The van der Waals surface area contributed by atoms with Crippen molar-refractivity contribution >= 4 is 26.9 Å². The lowest BCUT2D eigenvalue weighted by molar-refractivity contribution is -0.229. The molecule has 2 aliphatic heterocycles. The number of hydrogen-bond acceptors (Lipinski definition) is 7. The van der Waals surface area contributed by atoms with Gasteiger partial charge in [0.15, 0.2) is 5.79 Å².